The number of imidazole rings is 1. The Balaban J connectivity index is 2.52. The van der Waals surface area contributed by atoms with Gasteiger partial charge in [-0.25, -0.2) is 15.0 Å². The summed E-state index contributed by atoms with van der Waals surface area (Å²) in [6.07, 6.45) is 1.78. The maximum Gasteiger partial charge on any atom is 0.199 e. The molecule has 0 saturated carbocycles. The molecule has 0 saturated heterocycles. The second-order valence-electron chi connectivity index (χ2n) is 3.33. The van der Waals surface area contributed by atoms with Crippen molar-refractivity contribution in [1.29, 1.82) is 10.5 Å². The summed E-state index contributed by atoms with van der Waals surface area (Å²) < 4.78 is 1.73. The van der Waals surface area contributed by atoms with Gasteiger partial charge in [-0.05, 0) is 12.1 Å². The van der Waals surface area contributed by atoms with E-state index in [-0.39, 0.29) is 11.4 Å². The van der Waals surface area contributed by atoms with Gasteiger partial charge in [-0.15, -0.1) is 0 Å². The fourth-order valence-corrected chi connectivity index (χ4v) is 1.62. The molecule has 0 N–H and O–H groups in total. The van der Waals surface area contributed by atoms with Crippen LogP contribution in [0.15, 0.2) is 24.4 Å². The second kappa shape index (κ2) is 3.26. The zero-order chi connectivity index (χ0) is 11.8. The van der Waals surface area contributed by atoms with E-state index in [1.54, 1.807) is 16.7 Å². The Hall–Kier alpha value is -2.99. The molecular formula is C11H4N6. The maximum atomic E-state index is 8.89. The highest BCUT2D eigenvalue weighted by Crippen LogP contribution is 2.14. The number of nitriles is 2. The Morgan fingerprint density at radius 3 is 2.53 bits per heavy atom. The first-order chi connectivity index (χ1) is 8.33. The summed E-state index contributed by atoms with van der Waals surface area (Å²) >= 11 is 0. The van der Waals surface area contributed by atoms with Crippen molar-refractivity contribution in [2.24, 2.45) is 0 Å². The Morgan fingerprint density at radius 1 is 1.00 bits per heavy atom. The standard InChI is InChI=1S/C11H4N6/c12-5-7-8(6-13)15-11-10(14-7)16-9-3-1-2-4-17(9)11/h1-4H. The number of hydrogen-bond acceptors (Lipinski definition) is 5. The summed E-state index contributed by atoms with van der Waals surface area (Å²) in [5.41, 5.74) is 1.55. The zero-order valence-corrected chi connectivity index (χ0v) is 8.49. The van der Waals surface area contributed by atoms with Crippen molar-refractivity contribution in [3.63, 3.8) is 0 Å². The highest BCUT2D eigenvalue weighted by atomic mass is 15.1. The molecule has 17 heavy (non-hydrogen) atoms. The van der Waals surface area contributed by atoms with Gasteiger partial charge in [-0.3, -0.25) is 4.40 Å². The average molecular weight is 220 g/mol. The first kappa shape index (κ1) is 9.25. The quantitative estimate of drug-likeness (QED) is 0.564. The highest BCUT2D eigenvalue weighted by Gasteiger charge is 2.12. The highest BCUT2D eigenvalue weighted by molar-refractivity contribution is 5.74. The molecule has 0 spiro atoms. The lowest BCUT2D eigenvalue weighted by Crippen LogP contribution is -1.96. The van der Waals surface area contributed by atoms with Gasteiger partial charge in [0.25, 0.3) is 0 Å². The van der Waals surface area contributed by atoms with Crippen molar-refractivity contribution in [1.82, 2.24) is 19.4 Å². The molecule has 0 atom stereocenters. The normalized spacial score (nSPS) is 10.2. The van der Waals surface area contributed by atoms with Crippen LogP contribution in [0.1, 0.15) is 11.4 Å². The lowest BCUT2D eigenvalue weighted by atomic mass is 10.3. The number of fused-ring (bicyclic) bond motifs is 3. The van der Waals surface area contributed by atoms with Crippen LogP contribution in [0.2, 0.25) is 0 Å². The van der Waals surface area contributed by atoms with Gasteiger partial charge >= 0.3 is 0 Å². The third-order valence-corrected chi connectivity index (χ3v) is 2.36. The molecule has 78 valence electrons. The Morgan fingerprint density at radius 2 is 1.76 bits per heavy atom. The molecule has 0 aromatic carbocycles. The Labute approximate surface area is 95.4 Å². The van der Waals surface area contributed by atoms with Gasteiger partial charge in [0.05, 0.1) is 0 Å². The molecule has 0 unspecified atom stereocenters. The third kappa shape index (κ3) is 1.22. The second-order valence-corrected chi connectivity index (χ2v) is 3.33. The zero-order valence-electron chi connectivity index (χ0n) is 8.49. The molecule has 0 amide bonds. The van der Waals surface area contributed by atoms with Gasteiger partial charge in [-0.2, -0.15) is 10.5 Å². The molecule has 0 aliphatic heterocycles. The average Bonchev–Trinajstić information content (AvgIpc) is 2.74. The number of nitrogens with zero attached hydrogens (tertiary/aromatic N) is 6. The van der Waals surface area contributed by atoms with Crippen molar-refractivity contribution in [2.45, 2.75) is 0 Å². The molecular weight excluding hydrogens is 216 g/mol. The molecule has 0 radical (unpaired) electrons. The first-order valence-electron chi connectivity index (χ1n) is 4.78. The summed E-state index contributed by atoms with van der Waals surface area (Å²) in [7, 11) is 0. The van der Waals surface area contributed by atoms with Crippen LogP contribution in [0.3, 0.4) is 0 Å². The van der Waals surface area contributed by atoms with Crippen molar-refractivity contribution >= 4 is 16.9 Å². The number of aromatic nitrogens is 4. The molecule has 0 bridgehead atoms. The van der Waals surface area contributed by atoms with E-state index in [4.69, 9.17) is 10.5 Å². The van der Waals surface area contributed by atoms with E-state index in [1.165, 1.54) is 0 Å². The van der Waals surface area contributed by atoms with Crippen LogP contribution >= 0.6 is 0 Å². The smallest absolute Gasteiger partial charge is 0.199 e. The molecule has 3 rings (SSSR count). The molecule has 6 heteroatoms. The summed E-state index contributed by atoms with van der Waals surface area (Å²) in [4.78, 5) is 12.4. The summed E-state index contributed by atoms with van der Waals surface area (Å²) in [6.45, 7) is 0. The Bertz CT molecular complexity index is 817. The summed E-state index contributed by atoms with van der Waals surface area (Å²) in [5.74, 6) is 0. The molecule has 0 aliphatic carbocycles. The van der Waals surface area contributed by atoms with Crippen molar-refractivity contribution in [2.75, 3.05) is 0 Å². The van der Waals surface area contributed by atoms with Crippen LogP contribution in [-0.2, 0) is 0 Å². The van der Waals surface area contributed by atoms with E-state index in [0.717, 1.165) is 0 Å². The largest absolute Gasteiger partial charge is 0.283 e. The van der Waals surface area contributed by atoms with Crippen LogP contribution in [0, 0.1) is 22.7 Å². The van der Waals surface area contributed by atoms with Gasteiger partial charge in [0, 0.05) is 6.20 Å². The molecule has 3 aromatic rings. The van der Waals surface area contributed by atoms with E-state index in [0.29, 0.717) is 16.9 Å². The van der Waals surface area contributed by atoms with Crippen molar-refractivity contribution in [3.8, 4) is 12.1 Å². The van der Waals surface area contributed by atoms with Crippen LogP contribution in [0.25, 0.3) is 16.9 Å². The molecule has 3 aromatic heterocycles. The SMILES string of the molecule is N#Cc1nc2nc3ccccn3c2nc1C#N. The topological polar surface area (TPSA) is 90.7 Å². The third-order valence-electron chi connectivity index (χ3n) is 2.36. The summed E-state index contributed by atoms with van der Waals surface area (Å²) in [5, 5.41) is 17.7. The Kier molecular flexibility index (Phi) is 1.77. The van der Waals surface area contributed by atoms with Gasteiger partial charge in [0.1, 0.15) is 17.8 Å². The van der Waals surface area contributed by atoms with Gasteiger partial charge in [0.2, 0.25) is 0 Å². The predicted molar refractivity (Wildman–Crippen MR) is 57.7 cm³/mol. The van der Waals surface area contributed by atoms with E-state index >= 15 is 0 Å². The van der Waals surface area contributed by atoms with Crippen LogP contribution in [0.5, 0.6) is 0 Å². The molecule has 3 heterocycles. The van der Waals surface area contributed by atoms with Gasteiger partial charge in [0.15, 0.2) is 22.7 Å². The lowest BCUT2D eigenvalue weighted by molar-refractivity contribution is 1.14. The molecule has 6 nitrogen and oxygen atoms in total. The lowest BCUT2D eigenvalue weighted by Gasteiger charge is -1.94. The molecule has 0 fully saturated rings. The predicted octanol–water partition coefficient (Wildman–Crippen LogP) is 1.02. The fourth-order valence-electron chi connectivity index (χ4n) is 1.62. The van der Waals surface area contributed by atoms with Crippen LogP contribution < -0.4 is 0 Å². The monoisotopic (exact) mass is 220 g/mol. The number of hydrogen-bond donors (Lipinski definition) is 0. The minimum Gasteiger partial charge on any atom is -0.283 e. The van der Waals surface area contributed by atoms with E-state index in [2.05, 4.69) is 15.0 Å². The molecule has 0 aliphatic rings. The first-order valence-corrected chi connectivity index (χ1v) is 4.78. The maximum absolute atomic E-state index is 8.89. The van der Waals surface area contributed by atoms with E-state index < -0.39 is 0 Å². The van der Waals surface area contributed by atoms with Crippen LogP contribution in [0.4, 0.5) is 0 Å². The van der Waals surface area contributed by atoms with Crippen LogP contribution in [-0.4, -0.2) is 19.4 Å². The minimum atomic E-state index is 0.00315. The summed E-state index contributed by atoms with van der Waals surface area (Å²) in [6, 6.07) is 9.18. The number of rotatable bonds is 0. The van der Waals surface area contributed by atoms with E-state index in [1.807, 2.05) is 24.3 Å². The van der Waals surface area contributed by atoms with Gasteiger partial charge in [-0.1, -0.05) is 6.07 Å². The van der Waals surface area contributed by atoms with Crippen molar-refractivity contribution in [3.05, 3.63) is 35.8 Å². The minimum absolute atomic E-state index is 0.00315. The number of pyridine rings is 1. The fraction of sp³-hybridized carbons (Fsp3) is 0. The van der Waals surface area contributed by atoms with E-state index in [9.17, 15) is 0 Å². The van der Waals surface area contributed by atoms with Crippen molar-refractivity contribution < 1.29 is 0 Å². The van der Waals surface area contributed by atoms with Gasteiger partial charge < -0.3 is 0 Å².